The van der Waals surface area contributed by atoms with Crippen LogP contribution >= 0.6 is 0 Å². The molecule has 1 aromatic heterocycles. The number of likely N-dealkylation sites (tertiary alicyclic amines) is 3. The highest BCUT2D eigenvalue weighted by Crippen LogP contribution is 2.40. The van der Waals surface area contributed by atoms with Crippen LogP contribution in [0.4, 0.5) is 0 Å². The smallest absolute Gasteiger partial charge is 0.236 e. The number of aromatic nitrogens is 1. The van der Waals surface area contributed by atoms with Crippen molar-refractivity contribution in [2.24, 2.45) is 5.92 Å². The van der Waals surface area contributed by atoms with Gasteiger partial charge in [-0.15, -0.1) is 0 Å². The van der Waals surface area contributed by atoms with Crippen LogP contribution in [0.1, 0.15) is 75.3 Å². The molecule has 2 amide bonds. The number of amides is 2. The molecule has 0 aliphatic carbocycles. The van der Waals surface area contributed by atoms with Gasteiger partial charge in [-0.1, -0.05) is 19.9 Å². The van der Waals surface area contributed by atoms with Crippen molar-refractivity contribution in [3.05, 3.63) is 47.5 Å². The second kappa shape index (κ2) is 16.6. The van der Waals surface area contributed by atoms with Gasteiger partial charge in [-0.2, -0.15) is 0 Å². The maximum Gasteiger partial charge on any atom is 0.236 e. The van der Waals surface area contributed by atoms with E-state index in [1.54, 1.807) is 14.2 Å². The number of piperazine rings is 1. The lowest BCUT2D eigenvalue weighted by atomic mass is 9.87. The summed E-state index contributed by atoms with van der Waals surface area (Å²) in [5.41, 5.74) is 6.00. The van der Waals surface area contributed by atoms with Gasteiger partial charge in [0.25, 0.3) is 0 Å². The predicted molar refractivity (Wildman–Crippen MR) is 207 cm³/mol. The molecule has 0 saturated carbocycles. The first-order valence-corrected chi connectivity index (χ1v) is 19.9. The van der Waals surface area contributed by atoms with Gasteiger partial charge in [0, 0.05) is 75.4 Å². The minimum absolute atomic E-state index is 0.00906. The number of piperidine rings is 2. The second-order valence-electron chi connectivity index (χ2n) is 15.9. The molecule has 0 unspecified atom stereocenters. The molecule has 10 heteroatoms. The van der Waals surface area contributed by atoms with Crippen molar-refractivity contribution in [3.8, 4) is 22.8 Å². The number of nitrogens with one attached hydrogen (secondary N) is 1. The predicted octanol–water partition coefficient (Wildman–Crippen LogP) is 5.63. The number of benzene rings is 2. The number of H-pyrrole nitrogens is 1. The van der Waals surface area contributed by atoms with Gasteiger partial charge in [-0.3, -0.25) is 19.4 Å². The van der Waals surface area contributed by atoms with Crippen LogP contribution in [0.3, 0.4) is 0 Å². The third kappa shape index (κ3) is 8.14. The van der Waals surface area contributed by atoms with Gasteiger partial charge in [0.15, 0.2) is 11.5 Å². The van der Waals surface area contributed by atoms with E-state index in [0.717, 1.165) is 113 Å². The lowest BCUT2D eigenvalue weighted by Gasteiger charge is -2.39. The third-order valence-electron chi connectivity index (χ3n) is 12.3. The van der Waals surface area contributed by atoms with Gasteiger partial charge in [-0.05, 0) is 111 Å². The van der Waals surface area contributed by atoms with Crippen LogP contribution in [-0.4, -0.2) is 141 Å². The standard InChI is InChI=1S/C42H60N6O4/c1-30(2)40-35-26-32(9-11-36(35)43-41(40)33-10-12-37(51-3)38(27-33)52-4)31-13-18-47(19-14-31)39(49)29-46-17-7-8-34(28-46)42(50)48-24-22-45(23-25-48)21-20-44-15-5-6-16-44/h9-12,26-27,30-31,34,43H,5-8,13-25,28-29H2,1-4H3/t34-/m0/s1. The van der Waals surface area contributed by atoms with Crippen molar-refractivity contribution in [3.63, 3.8) is 0 Å². The Bertz CT molecular complexity index is 1680. The number of hydrogen-bond donors (Lipinski definition) is 1. The number of carbonyl (C=O) groups is 2. The van der Waals surface area contributed by atoms with Gasteiger partial charge in [-0.25, -0.2) is 0 Å². The average Bonchev–Trinajstić information content (AvgIpc) is 3.85. The van der Waals surface area contributed by atoms with Gasteiger partial charge < -0.3 is 29.2 Å². The Kier molecular flexibility index (Phi) is 11.7. The fourth-order valence-electron chi connectivity index (χ4n) is 9.20. The Morgan fingerprint density at radius 2 is 1.44 bits per heavy atom. The maximum atomic E-state index is 13.6. The first-order valence-electron chi connectivity index (χ1n) is 19.9. The Morgan fingerprint density at radius 3 is 2.13 bits per heavy atom. The zero-order valence-corrected chi connectivity index (χ0v) is 32.0. The summed E-state index contributed by atoms with van der Waals surface area (Å²) < 4.78 is 11.1. The molecule has 7 rings (SSSR count). The normalized spacial score (nSPS) is 21.4. The first kappa shape index (κ1) is 36.7. The van der Waals surface area contributed by atoms with Crippen molar-refractivity contribution in [2.75, 3.05) is 99.3 Å². The Hall–Kier alpha value is -3.60. The Balaban J connectivity index is 0.913. The van der Waals surface area contributed by atoms with Crippen molar-refractivity contribution in [1.82, 2.24) is 29.5 Å². The van der Waals surface area contributed by atoms with Crippen molar-refractivity contribution >= 4 is 22.7 Å². The number of fused-ring (bicyclic) bond motifs is 1. The van der Waals surface area contributed by atoms with E-state index < -0.39 is 0 Å². The number of nitrogens with zero attached hydrogens (tertiary/aromatic N) is 5. The maximum absolute atomic E-state index is 13.6. The molecule has 4 aliphatic heterocycles. The van der Waals surface area contributed by atoms with Crippen LogP contribution < -0.4 is 9.47 Å². The number of aromatic amines is 1. The van der Waals surface area contributed by atoms with Crippen LogP contribution in [0.5, 0.6) is 11.5 Å². The van der Waals surface area contributed by atoms with Crippen LogP contribution in [-0.2, 0) is 9.59 Å². The molecule has 1 N–H and O–H groups in total. The van der Waals surface area contributed by atoms with Gasteiger partial charge >= 0.3 is 0 Å². The highest BCUT2D eigenvalue weighted by Gasteiger charge is 2.33. The summed E-state index contributed by atoms with van der Waals surface area (Å²) >= 11 is 0. The first-order chi connectivity index (χ1) is 25.3. The van der Waals surface area contributed by atoms with E-state index >= 15 is 0 Å². The van der Waals surface area contributed by atoms with Gasteiger partial charge in [0.05, 0.1) is 32.4 Å². The monoisotopic (exact) mass is 712 g/mol. The fourth-order valence-corrected chi connectivity index (χ4v) is 9.20. The molecular weight excluding hydrogens is 653 g/mol. The van der Waals surface area contributed by atoms with Crippen LogP contribution in [0.2, 0.25) is 0 Å². The summed E-state index contributed by atoms with van der Waals surface area (Å²) in [4.78, 5) is 42.3. The van der Waals surface area contributed by atoms with E-state index in [2.05, 4.69) is 67.6 Å². The molecule has 0 spiro atoms. The molecule has 282 valence electrons. The molecule has 5 heterocycles. The quantitative estimate of drug-likeness (QED) is 0.276. The van der Waals surface area contributed by atoms with Crippen LogP contribution in [0.15, 0.2) is 36.4 Å². The lowest BCUT2D eigenvalue weighted by Crippen LogP contribution is -2.54. The summed E-state index contributed by atoms with van der Waals surface area (Å²) in [7, 11) is 3.34. The minimum Gasteiger partial charge on any atom is -0.493 e. The Labute approximate surface area is 310 Å². The summed E-state index contributed by atoms with van der Waals surface area (Å²) in [5.74, 6) is 2.71. The van der Waals surface area contributed by atoms with Crippen molar-refractivity contribution in [2.45, 2.75) is 64.2 Å². The largest absolute Gasteiger partial charge is 0.493 e. The zero-order chi connectivity index (χ0) is 36.2. The summed E-state index contributed by atoms with van der Waals surface area (Å²) in [5, 5.41) is 1.27. The third-order valence-corrected chi connectivity index (χ3v) is 12.3. The zero-order valence-electron chi connectivity index (χ0n) is 32.0. The van der Waals surface area contributed by atoms with Gasteiger partial charge in [0.1, 0.15) is 0 Å². The number of hydrogen-bond acceptors (Lipinski definition) is 7. The number of carbonyl (C=O) groups excluding carboxylic acids is 2. The highest BCUT2D eigenvalue weighted by molar-refractivity contribution is 5.92. The molecule has 10 nitrogen and oxygen atoms in total. The fraction of sp³-hybridized carbons (Fsp3) is 0.619. The minimum atomic E-state index is 0.00906. The van der Waals surface area contributed by atoms with Crippen LogP contribution in [0.25, 0.3) is 22.2 Å². The molecule has 52 heavy (non-hydrogen) atoms. The van der Waals surface area contributed by atoms with E-state index in [0.29, 0.717) is 30.8 Å². The van der Waals surface area contributed by atoms with Crippen molar-refractivity contribution in [1.29, 1.82) is 0 Å². The van der Waals surface area contributed by atoms with Gasteiger partial charge in [0.2, 0.25) is 11.8 Å². The van der Waals surface area contributed by atoms with E-state index in [9.17, 15) is 9.59 Å². The second-order valence-corrected chi connectivity index (χ2v) is 15.9. The number of ether oxygens (including phenoxy) is 2. The number of rotatable bonds is 11. The Morgan fingerprint density at radius 1 is 0.750 bits per heavy atom. The van der Waals surface area contributed by atoms with E-state index in [1.165, 1.54) is 42.4 Å². The van der Waals surface area contributed by atoms with E-state index in [-0.39, 0.29) is 11.8 Å². The number of methoxy groups -OCH3 is 2. The molecule has 4 fully saturated rings. The molecule has 2 aromatic carbocycles. The molecule has 3 aromatic rings. The summed E-state index contributed by atoms with van der Waals surface area (Å²) in [6, 6.07) is 13.0. The summed E-state index contributed by atoms with van der Waals surface area (Å²) in [6.45, 7) is 16.5. The molecule has 0 radical (unpaired) electrons. The molecule has 1 atom stereocenters. The van der Waals surface area contributed by atoms with Crippen LogP contribution in [0, 0.1) is 5.92 Å². The topological polar surface area (TPSA) is 84.6 Å². The summed E-state index contributed by atoms with van der Waals surface area (Å²) in [6.07, 6.45) is 6.52. The molecular formula is C42H60N6O4. The SMILES string of the molecule is COc1ccc(-c2[nH]c3ccc(C4CCN(C(=O)CN5CCC[C@H](C(=O)N6CCN(CCN7CCCC7)CC6)C5)CC4)cc3c2C(C)C)cc1OC. The van der Waals surface area contributed by atoms with E-state index in [1.807, 2.05) is 12.1 Å². The average molecular weight is 713 g/mol. The molecule has 4 saturated heterocycles. The van der Waals surface area contributed by atoms with E-state index in [4.69, 9.17) is 9.47 Å². The molecule has 4 aliphatic rings. The molecule has 0 bridgehead atoms. The lowest BCUT2D eigenvalue weighted by molar-refractivity contribution is -0.141. The van der Waals surface area contributed by atoms with Crippen molar-refractivity contribution < 1.29 is 19.1 Å². The highest BCUT2D eigenvalue weighted by atomic mass is 16.5.